The molecule has 0 unspecified atom stereocenters. The highest BCUT2D eigenvalue weighted by molar-refractivity contribution is 7.99. The van der Waals surface area contributed by atoms with E-state index in [0.717, 1.165) is 17.3 Å². The van der Waals surface area contributed by atoms with E-state index in [2.05, 4.69) is 9.97 Å². The highest BCUT2D eigenvalue weighted by atomic mass is 32.2. The Morgan fingerprint density at radius 3 is 2.95 bits per heavy atom. The minimum atomic E-state index is -0.506. The maximum absolute atomic E-state index is 11.8. The van der Waals surface area contributed by atoms with Gasteiger partial charge in [-0.25, -0.2) is 14.8 Å². The van der Waals surface area contributed by atoms with Crippen LogP contribution in [-0.2, 0) is 4.74 Å². The lowest BCUT2D eigenvalue weighted by Crippen LogP contribution is -2.05. The van der Waals surface area contributed by atoms with Gasteiger partial charge in [0.1, 0.15) is 10.5 Å². The quantitative estimate of drug-likeness (QED) is 0.744. The number of hydrogen-bond donors (Lipinski definition) is 1. The number of carbonyl (C=O) groups excluding carboxylic acids is 1. The molecule has 21 heavy (non-hydrogen) atoms. The zero-order valence-corrected chi connectivity index (χ0v) is 11.9. The van der Waals surface area contributed by atoms with Gasteiger partial charge in [0.15, 0.2) is 5.58 Å². The Kier molecular flexibility index (Phi) is 3.49. The van der Waals surface area contributed by atoms with E-state index in [4.69, 9.17) is 14.9 Å². The number of aromatic nitrogens is 2. The van der Waals surface area contributed by atoms with Gasteiger partial charge in [0.2, 0.25) is 0 Å². The van der Waals surface area contributed by atoms with Crippen molar-refractivity contribution in [1.29, 1.82) is 0 Å². The fourth-order valence-electron chi connectivity index (χ4n) is 1.78. The SMILES string of the molecule is COC(=O)c1cc(N)cnc1Sc1nc2ccccc2o1. The highest BCUT2D eigenvalue weighted by Crippen LogP contribution is 2.31. The van der Waals surface area contributed by atoms with Crippen molar-refractivity contribution in [2.24, 2.45) is 0 Å². The van der Waals surface area contributed by atoms with Crippen molar-refractivity contribution in [2.75, 3.05) is 12.8 Å². The number of para-hydroxylation sites is 2. The van der Waals surface area contributed by atoms with E-state index in [0.29, 0.717) is 21.5 Å². The van der Waals surface area contributed by atoms with Crippen LogP contribution in [0.1, 0.15) is 10.4 Å². The number of ether oxygens (including phenoxy) is 1. The lowest BCUT2D eigenvalue weighted by atomic mass is 10.3. The van der Waals surface area contributed by atoms with Gasteiger partial charge in [0.05, 0.1) is 24.6 Å². The number of nitrogen functional groups attached to an aromatic ring is 1. The van der Waals surface area contributed by atoms with Crippen LogP contribution >= 0.6 is 11.8 Å². The number of nitrogens with zero attached hydrogens (tertiary/aromatic N) is 2. The molecule has 1 aromatic carbocycles. The van der Waals surface area contributed by atoms with Crippen LogP contribution in [0.3, 0.4) is 0 Å². The Morgan fingerprint density at radius 1 is 1.38 bits per heavy atom. The Bertz CT molecular complexity index is 783. The first-order valence-electron chi connectivity index (χ1n) is 6.04. The first-order valence-corrected chi connectivity index (χ1v) is 6.86. The minimum Gasteiger partial charge on any atom is -0.465 e. The molecule has 3 aromatic rings. The average molecular weight is 301 g/mol. The summed E-state index contributed by atoms with van der Waals surface area (Å²) in [5, 5.41) is 0.834. The predicted octanol–water partition coefficient (Wildman–Crippen LogP) is 2.74. The molecule has 6 nitrogen and oxygen atoms in total. The molecule has 0 fully saturated rings. The van der Waals surface area contributed by atoms with Crippen LogP contribution in [0, 0.1) is 0 Å². The van der Waals surface area contributed by atoms with Gasteiger partial charge < -0.3 is 14.9 Å². The molecule has 0 aliphatic rings. The normalized spacial score (nSPS) is 10.7. The van der Waals surface area contributed by atoms with E-state index in [1.807, 2.05) is 24.3 Å². The number of carbonyl (C=O) groups is 1. The molecule has 2 aromatic heterocycles. The van der Waals surface area contributed by atoms with Gasteiger partial charge in [-0.2, -0.15) is 0 Å². The van der Waals surface area contributed by atoms with E-state index in [1.165, 1.54) is 19.4 Å². The predicted molar refractivity (Wildman–Crippen MR) is 78.1 cm³/mol. The molecule has 0 saturated carbocycles. The summed E-state index contributed by atoms with van der Waals surface area (Å²) in [6.07, 6.45) is 1.47. The second-order valence-corrected chi connectivity index (χ2v) is 5.10. The second kappa shape index (κ2) is 5.45. The second-order valence-electron chi connectivity index (χ2n) is 4.16. The van der Waals surface area contributed by atoms with Crippen molar-refractivity contribution in [3.05, 3.63) is 42.1 Å². The van der Waals surface area contributed by atoms with Gasteiger partial charge >= 0.3 is 5.97 Å². The first-order chi connectivity index (χ1) is 10.2. The van der Waals surface area contributed by atoms with Gasteiger partial charge in [-0.15, -0.1) is 0 Å². The number of nitrogens with two attached hydrogens (primary N) is 1. The topological polar surface area (TPSA) is 91.2 Å². The highest BCUT2D eigenvalue weighted by Gasteiger charge is 2.17. The molecule has 0 aliphatic heterocycles. The van der Waals surface area contributed by atoms with E-state index in [-0.39, 0.29) is 5.56 Å². The van der Waals surface area contributed by atoms with E-state index < -0.39 is 5.97 Å². The molecule has 0 spiro atoms. The van der Waals surface area contributed by atoms with Crippen LogP contribution < -0.4 is 5.73 Å². The average Bonchev–Trinajstić information content (AvgIpc) is 2.90. The van der Waals surface area contributed by atoms with Gasteiger partial charge in [0.25, 0.3) is 5.22 Å². The van der Waals surface area contributed by atoms with Crippen molar-refractivity contribution < 1.29 is 13.9 Å². The Hall–Kier alpha value is -2.54. The van der Waals surface area contributed by atoms with Gasteiger partial charge in [-0.3, -0.25) is 0 Å². The lowest BCUT2D eigenvalue weighted by molar-refractivity contribution is 0.0596. The number of methoxy groups -OCH3 is 1. The Morgan fingerprint density at radius 2 is 2.19 bits per heavy atom. The summed E-state index contributed by atoms with van der Waals surface area (Å²) < 4.78 is 10.3. The summed E-state index contributed by atoms with van der Waals surface area (Å²) in [5.41, 5.74) is 7.75. The summed E-state index contributed by atoms with van der Waals surface area (Å²) >= 11 is 1.15. The zero-order valence-electron chi connectivity index (χ0n) is 11.1. The number of rotatable bonds is 3. The number of pyridine rings is 1. The fourth-order valence-corrected chi connectivity index (χ4v) is 2.58. The molecule has 0 atom stereocenters. The molecule has 0 saturated heterocycles. The van der Waals surface area contributed by atoms with E-state index in [9.17, 15) is 4.79 Å². The molecule has 0 radical (unpaired) electrons. The zero-order chi connectivity index (χ0) is 14.8. The number of anilines is 1. The van der Waals surface area contributed by atoms with Crippen molar-refractivity contribution >= 4 is 34.5 Å². The minimum absolute atomic E-state index is 0.282. The third-order valence-electron chi connectivity index (χ3n) is 2.74. The summed E-state index contributed by atoms with van der Waals surface area (Å²) in [6.45, 7) is 0. The third kappa shape index (κ3) is 2.68. The maximum atomic E-state index is 11.8. The summed E-state index contributed by atoms with van der Waals surface area (Å²) in [5.74, 6) is -0.506. The summed E-state index contributed by atoms with van der Waals surface area (Å²) in [4.78, 5) is 20.2. The summed E-state index contributed by atoms with van der Waals surface area (Å²) in [6, 6.07) is 8.93. The Labute approximate surface area is 124 Å². The maximum Gasteiger partial charge on any atom is 0.340 e. The summed E-state index contributed by atoms with van der Waals surface area (Å²) in [7, 11) is 1.30. The molecule has 0 bridgehead atoms. The van der Waals surface area contributed by atoms with Crippen LogP contribution in [0.4, 0.5) is 5.69 Å². The molecule has 2 heterocycles. The Balaban J connectivity index is 1.99. The van der Waals surface area contributed by atoms with E-state index in [1.54, 1.807) is 0 Å². The van der Waals surface area contributed by atoms with Crippen LogP contribution in [-0.4, -0.2) is 23.0 Å². The monoisotopic (exact) mass is 301 g/mol. The smallest absolute Gasteiger partial charge is 0.340 e. The molecule has 0 aliphatic carbocycles. The van der Waals surface area contributed by atoms with Gasteiger partial charge in [-0.1, -0.05) is 12.1 Å². The molecule has 3 rings (SSSR count). The van der Waals surface area contributed by atoms with Crippen molar-refractivity contribution in [3.8, 4) is 0 Å². The van der Waals surface area contributed by atoms with Crippen LogP contribution in [0.25, 0.3) is 11.1 Å². The third-order valence-corrected chi connectivity index (χ3v) is 3.60. The number of hydrogen-bond acceptors (Lipinski definition) is 7. The number of fused-ring (bicyclic) bond motifs is 1. The molecular formula is C14H11N3O3S. The fraction of sp³-hybridized carbons (Fsp3) is 0.0714. The molecule has 2 N–H and O–H groups in total. The first kappa shape index (κ1) is 13.4. The largest absolute Gasteiger partial charge is 0.465 e. The number of oxazole rings is 1. The van der Waals surface area contributed by atoms with Crippen LogP contribution in [0.5, 0.6) is 0 Å². The van der Waals surface area contributed by atoms with Gasteiger partial charge in [0, 0.05) is 0 Å². The van der Waals surface area contributed by atoms with Crippen LogP contribution in [0.15, 0.2) is 51.2 Å². The van der Waals surface area contributed by atoms with Crippen LogP contribution in [0.2, 0.25) is 0 Å². The molecule has 0 amide bonds. The van der Waals surface area contributed by atoms with Crippen molar-refractivity contribution in [1.82, 2.24) is 9.97 Å². The van der Waals surface area contributed by atoms with Crippen molar-refractivity contribution in [3.63, 3.8) is 0 Å². The molecule has 7 heteroatoms. The van der Waals surface area contributed by atoms with Gasteiger partial charge in [-0.05, 0) is 30.0 Å². The molecule has 106 valence electrons. The van der Waals surface area contributed by atoms with Crippen molar-refractivity contribution in [2.45, 2.75) is 10.2 Å². The van der Waals surface area contributed by atoms with E-state index >= 15 is 0 Å². The number of benzene rings is 1. The molecular weight excluding hydrogens is 290 g/mol. The lowest BCUT2D eigenvalue weighted by Gasteiger charge is -2.05. The standard InChI is InChI=1S/C14H11N3O3S/c1-19-13(18)9-6-8(15)7-16-12(9)21-14-17-10-4-2-3-5-11(10)20-14/h2-7H,15H2,1H3. The number of esters is 1.